The second kappa shape index (κ2) is 7.76. The van der Waals surface area contributed by atoms with Crippen LogP contribution in [0.1, 0.15) is 23.4 Å². The number of likely N-dealkylation sites (tertiary alicyclic amines) is 1. The maximum Gasteiger partial charge on any atom is 0.289 e. The molecule has 1 N–H and O–H groups in total. The third-order valence-electron chi connectivity index (χ3n) is 4.99. The zero-order valence-electron chi connectivity index (χ0n) is 15.3. The number of furan rings is 1. The van der Waals surface area contributed by atoms with Crippen LogP contribution in [0.5, 0.6) is 0 Å². The maximum atomic E-state index is 12.5. The summed E-state index contributed by atoms with van der Waals surface area (Å²) in [5.74, 6) is 0.142. The Morgan fingerprint density at radius 3 is 2.71 bits per heavy atom. The molecule has 9 heteroatoms. The Morgan fingerprint density at radius 1 is 1.18 bits per heavy atom. The van der Waals surface area contributed by atoms with Crippen LogP contribution in [0, 0.1) is 0 Å². The number of fused-ring (bicyclic) bond motifs is 1. The van der Waals surface area contributed by atoms with Gasteiger partial charge in [0.1, 0.15) is 0 Å². The van der Waals surface area contributed by atoms with Gasteiger partial charge in [-0.3, -0.25) is 4.79 Å². The molecule has 148 valence electrons. The first kappa shape index (κ1) is 18.7. The van der Waals surface area contributed by atoms with Gasteiger partial charge in [0.15, 0.2) is 5.76 Å². The number of rotatable bonds is 6. The first-order valence-electron chi connectivity index (χ1n) is 9.24. The molecule has 0 bridgehead atoms. The number of piperidine rings is 1. The first-order valence-corrected chi connectivity index (χ1v) is 10.9. The predicted octanol–water partition coefficient (Wildman–Crippen LogP) is 1.85. The maximum absolute atomic E-state index is 12.5. The smallest absolute Gasteiger partial charge is 0.289 e. The number of aromatic nitrogens is 2. The molecule has 0 spiro atoms. The van der Waals surface area contributed by atoms with Gasteiger partial charge < -0.3 is 13.9 Å². The third kappa shape index (κ3) is 4.10. The normalized spacial score (nSPS) is 15.9. The van der Waals surface area contributed by atoms with Gasteiger partial charge >= 0.3 is 0 Å². The van der Waals surface area contributed by atoms with Crippen LogP contribution in [0.15, 0.2) is 53.4 Å². The number of aryl methyl sites for hydroxylation is 1. The minimum absolute atomic E-state index is 0.0150. The number of amides is 1. The Kier molecular flexibility index (Phi) is 5.19. The van der Waals surface area contributed by atoms with Gasteiger partial charge in [-0.2, -0.15) is 0 Å². The SMILES string of the molecule is O=C(c1ccco1)N1CCC(NS(=O)(=O)CCn2cnc3ccccc32)CC1. The lowest BCUT2D eigenvalue weighted by molar-refractivity contribution is 0.0679. The molecule has 4 rings (SSSR count). The molecule has 8 nitrogen and oxygen atoms in total. The quantitative estimate of drug-likeness (QED) is 0.679. The van der Waals surface area contributed by atoms with Gasteiger partial charge in [-0.15, -0.1) is 0 Å². The lowest BCUT2D eigenvalue weighted by Crippen LogP contribution is -2.47. The predicted molar refractivity (Wildman–Crippen MR) is 104 cm³/mol. The van der Waals surface area contributed by atoms with Crippen LogP contribution < -0.4 is 4.72 Å². The molecule has 0 saturated carbocycles. The van der Waals surface area contributed by atoms with Crippen molar-refractivity contribution in [3.05, 3.63) is 54.7 Å². The van der Waals surface area contributed by atoms with Crippen LogP contribution in [-0.4, -0.2) is 53.7 Å². The highest BCUT2D eigenvalue weighted by molar-refractivity contribution is 7.89. The van der Waals surface area contributed by atoms with E-state index < -0.39 is 10.0 Å². The summed E-state index contributed by atoms with van der Waals surface area (Å²) < 4.78 is 34.8. The van der Waals surface area contributed by atoms with Crippen molar-refractivity contribution in [2.75, 3.05) is 18.8 Å². The average molecular weight is 402 g/mol. The second-order valence-electron chi connectivity index (χ2n) is 6.91. The fraction of sp³-hybridized carbons (Fsp3) is 0.368. The molecule has 0 atom stereocenters. The number of nitrogens with zero attached hydrogens (tertiary/aromatic N) is 3. The molecule has 2 aromatic heterocycles. The van der Waals surface area contributed by atoms with Crippen LogP contribution in [0.2, 0.25) is 0 Å². The number of carbonyl (C=O) groups is 1. The molecule has 1 fully saturated rings. The standard InChI is InChI=1S/C19H22N4O4S/c24-19(18-6-3-12-27-18)22-9-7-15(8-10-22)21-28(25,26)13-11-23-14-20-16-4-1-2-5-17(16)23/h1-6,12,14-15,21H,7-11,13H2. The number of para-hydroxylation sites is 2. The van der Waals surface area contributed by atoms with E-state index in [0.29, 0.717) is 38.2 Å². The van der Waals surface area contributed by atoms with E-state index in [1.165, 1.54) is 6.26 Å². The molecule has 0 unspecified atom stereocenters. The van der Waals surface area contributed by atoms with E-state index in [-0.39, 0.29) is 17.7 Å². The number of nitrogens with one attached hydrogen (secondary N) is 1. The van der Waals surface area contributed by atoms with Crippen molar-refractivity contribution in [1.82, 2.24) is 19.2 Å². The number of benzene rings is 1. The van der Waals surface area contributed by atoms with E-state index in [4.69, 9.17) is 4.42 Å². The lowest BCUT2D eigenvalue weighted by atomic mass is 10.1. The van der Waals surface area contributed by atoms with E-state index in [9.17, 15) is 13.2 Å². The summed E-state index contributed by atoms with van der Waals surface area (Å²) in [6.45, 7) is 1.34. The molecule has 0 aliphatic carbocycles. The Labute approximate surface area is 163 Å². The van der Waals surface area contributed by atoms with Gasteiger partial charge in [-0.05, 0) is 37.1 Å². The third-order valence-corrected chi connectivity index (χ3v) is 6.40. The summed E-state index contributed by atoms with van der Waals surface area (Å²) in [5, 5.41) is 0. The number of hydrogen-bond acceptors (Lipinski definition) is 5. The van der Waals surface area contributed by atoms with Crippen molar-refractivity contribution in [3.8, 4) is 0 Å². The second-order valence-corrected chi connectivity index (χ2v) is 8.78. The van der Waals surface area contributed by atoms with Gasteiger partial charge in [0, 0.05) is 25.7 Å². The fourth-order valence-corrected chi connectivity index (χ4v) is 4.77. The zero-order valence-corrected chi connectivity index (χ0v) is 16.1. The van der Waals surface area contributed by atoms with Crippen molar-refractivity contribution in [2.45, 2.75) is 25.4 Å². The largest absolute Gasteiger partial charge is 0.459 e. The van der Waals surface area contributed by atoms with Crippen molar-refractivity contribution >= 4 is 27.0 Å². The molecule has 1 amide bonds. The van der Waals surface area contributed by atoms with Crippen LogP contribution >= 0.6 is 0 Å². The van der Waals surface area contributed by atoms with E-state index in [1.54, 1.807) is 23.4 Å². The number of imidazole rings is 1. The Bertz CT molecular complexity index is 1050. The molecular weight excluding hydrogens is 380 g/mol. The topological polar surface area (TPSA) is 97.4 Å². The Balaban J connectivity index is 1.30. The van der Waals surface area contributed by atoms with Gasteiger partial charge in [-0.1, -0.05) is 12.1 Å². The average Bonchev–Trinajstić information content (AvgIpc) is 3.36. The number of carbonyl (C=O) groups excluding carboxylic acids is 1. The minimum atomic E-state index is -3.43. The number of sulfonamides is 1. The van der Waals surface area contributed by atoms with Crippen LogP contribution in [-0.2, 0) is 16.6 Å². The molecule has 28 heavy (non-hydrogen) atoms. The van der Waals surface area contributed by atoms with Crippen molar-refractivity contribution in [2.24, 2.45) is 0 Å². The molecular formula is C19H22N4O4S. The van der Waals surface area contributed by atoms with Gasteiger partial charge in [0.2, 0.25) is 10.0 Å². The molecule has 1 aliphatic rings. The highest BCUT2D eigenvalue weighted by atomic mass is 32.2. The Hall–Kier alpha value is -2.65. The monoisotopic (exact) mass is 402 g/mol. The summed E-state index contributed by atoms with van der Waals surface area (Å²) in [7, 11) is -3.43. The lowest BCUT2D eigenvalue weighted by Gasteiger charge is -2.31. The summed E-state index contributed by atoms with van der Waals surface area (Å²) in [6, 6.07) is 10.8. The van der Waals surface area contributed by atoms with Gasteiger partial charge in [0.25, 0.3) is 5.91 Å². The summed E-state index contributed by atoms with van der Waals surface area (Å²) in [4.78, 5) is 18.3. The van der Waals surface area contributed by atoms with E-state index in [1.807, 2.05) is 28.8 Å². The fourth-order valence-electron chi connectivity index (χ4n) is 3.48. The van der Waals surface area contributed by atoms with E-state index >= 15 is 0 Å². The summed E-state index contributed by atoms with van der Waals surface area (Å²) >= 11 is 0. The highest BCUT2D eigenvalue weighted by Crippen LogP contribution is 2.16. The molecule has 3 heterocycles. The summed E-state index contributed by atoms with van der Waals surface area (Å²) in [6.07, 6.45) is 4.30. The molecule has 3 aromatic rings. The summed E-state index contributed by atoms with van der Waals surface area (Å²) in [5.41, 5.74) is 1.77. The van der Waals surface area contributed by atoms with Gasteiger partial charge in [0.05, 0.1) is 29.4 Å². The highest BCUT2D eigenvalue weighted by Gasteiger charge is 2.27. The molecule has 1 aromatic carbocycles. The first-order chi connectivity index (χ1) is 13.5. The van der Waals surface area contributed by atoms with Crippen LogP contribution in [0.3, 0.4) is 0 Å². The van der Waals surface area contributed by atoms with Crippen LogP contribution in [0.4, 0.5) is 0 Å². The van der Waals surface area contributed by atoms with Gasteiger partial charge in [-0.25, -0.2) is 18.1 Å². The van der Waals surface area contributed by atoms with Crippen molar-refractivity contribution < 1.29 is 17.6 Å². The van der Waals surface area contributed by atoms with Crippen molar-refractivity contribution in [1.29, 1.82) is 0 Å². The molecule has 1 aliphatic heterocycles. The van der Waals surface area contributed by atoms with E-state index in [2.05, 4.69) is 9.71 Å². The van der Waals surface area contributed by atoms with E-state index in [0.717, 1.165) is 11.0 Å². The van der Waals surface area contributed by atoms with Crippen LogP contribution in [0.25, 0.3) is 11.0 Å². The molecule has 0 radical (unpaired) electrons. The molecule has 1 saturated heterocycles. The van der Waals surface area contributed by atoms with Crippen molar-refractivity contribution in [3.63, 3.8) is 0 Å². The Morgan fingerprint density at radius 2 is 1.96 bits per heavy atom. The number of hydrogen-bond donors (Lipinski definition) is 1. The zero-order chi connectivity index (χ0) is 19.6. The minimum Gasteiger partial charge on any atom is -0.459 e.